The predicted octanol–water partition coefficient (Wildman–Crippen LogP) is 7.06. The number of ether oxygens (including phenoxy) is 1. The maximum atomic E-state index is 14.0. The van der Waals surface area contributed by atoms with E-state index in [0.29, 0.717) is 46.9 Å². The minimum atomic E-state index is -0.775. The van der Waals surface area contributed by atoms with E-state index in [2.05, 4.69) is 20.2 Å². The molecule has 49 heavy (non-hydrogen) atoms. The minimum Gasteiger partial charge on any atom is -0.459 e. The second-order valence-corrected chi connectivity index (χ2v) is 14.7. The Morgan fingerprint density at radius 3 is 2.57 bits per heavy atom. The number of benzene rings is 3. The van der Waals surface area contributed by atoms with Crippen LogP contribution in [-0.4, -0.2) is 43.0 Å². The lowest BCUT2D eigenvalue weighted by Gasteiger charge is -2.25. The van der Waals surface area contributed by atoms with Gasteiger partial charge in [0.15, 0.2) is 10.6 Å². The van der Waals surface area contributed by atoms with Crippen LogP contribution in [-0.2, 0) is 9.53 Å². The maximum Gasteiger partial charge on any atom is 0.338 e. The van der Waals surface area contributed by atoms with Gasteiger partial charge in [-0.1, -0.05) is 52.7 Å². The predicted molar refractivity (Wildman–Crippen MR) is 192 cm³/mol. The van der Waals surface area contributed by atoms with Gasteiger partial charge in [0, 0.05) is 21.5 Å². The molecule has 1 N–H and O–H groups in total. The molecule has 0 fully saturated rings. The summed E-state index contributed by atoms with van der Waals surface area (Å²) >= 11 is 16.0. The van der Waals surface area contributed by atoms with Gasteiger partial charge in [0.2, 0.25) is 5.16 Å². The average Bonchev–Trinajstić information content (AvgIpc) is 3.64. The van der Waals surface area contributed by atoms with Gasteiger partial charge in [-0.3, -0.25) is 24.6 Å². The van der Waals surface area contributed by atoms with Crippen molar-refractivity contribution < 1.29 is 14.5 Å². The summed E-state index contributed by atoms with van der Waals surface area (Å²) in [6, 6.07) is 16.4. The number of H-pyrrole nitrogens is 1. The van der Waals surface area contributed by atoms with Crippen molar-refractivity contribution in [2.75, 3.05) is 6.26 Å². The van der Waals surface area contributed by atoms with E-state index < -0.39 is 16.9 Å². The summed E-state index contributed by atoms with van der Waals surface area (Å²) in [6.45, 7) is 5.24. The first-order chi connectivity index (χ1) is 23.4. The molecule has 0 bridgehead atoms. The number of hydrogen-bond acceptors (Lipinski definition) is 11. The molecule has 0 spiro atoms. The molecule has 3 aromatic carbocycles. The molecule has 1 aliphatic rings. The van der Waals surface area contributed by atoms with Crippen LogP contribution in [0, 0.1) is 10.1 Å². The Bertz CT molecular complexity index is 2330. The molecular weight excluding hydrogens is 728 g/mol. The van der Waals surface area contributed by atoms with Crippen LogP contribution in [0.3, 0.4) is 0 Å². The Morgan fingerprint density at radius 2 is 1.90 bits per heavy atom. The number of hydrogen-bond donors (Lipinski definition) is 1. The normalized spacial score (nSPS) is 14.6. The second kappa shape index (κ2) is 14.3. The van der Waals surface area contributed by atoms with Crippen molar-refractivity contribution >= 4 is 75.8 Å². The number of carbonyl (C=O) groups excluding carboxylic acids is 1. The Labute approximate surface area is 301 Å². The van der Waals surface area contributed by atoms with E-state index in [-0.39, 0.29) is 28.1 Å². The van der Waals surface area contributed by atoms with Gasteiger partial charge >= 0.3 is 5.97 Å². The molecule has 11 nitrogen and oxygen atoms in total. The highest BCUT2D eigenvalue weighted by Crippen LogP contribution is 2.36. The standard InChI is InChI=1S/C33H26Cl2N6O5S3/c1-16(2)46-31(43)27-17(3)36-33-40(28(27)19-6-9-21(47-4)10-7-19)30(42)26(49-33)14-18-5-12-25(24(13-18)41(44)45)48-32-37-29(38-39-32)22-11-8-20(34)15-23(22)35/h5-16,28H,1-4H3,(H,37,38,39)/b26-14-/t28-/m0/s1. The fraction of sp³-hybridized carbons (Fsp3) is 0.182. The Balaban J connectivity index is 1.38. The third-order valence-corrected chi connectivity index (χ3v) is 10.6. The fourth-order valence-corrected chi connectivity index (χ4v) is 7.91. The zero-order chi connectivity index (χ0) is 35.0. The number of carbonyl (C=O) groups is 1. The van der Waals surface area contributed by atoms with Gasteiger partial charge in [0.1, 0.15) is 0 Å². The van der Waals surface area contributed by atoms with E-state index in [1.54, 1.807) is 68.9 Å². The van der Waals surface area contributed by atoms with E-state index >= 15 is 0 Å². The van der Waals surface area contributed by atoms with Gasteiger partial charge < -0.3 is 4.74 Å². The van der Waals surface area contributed by atoms with Crippen LogP contribution >= 0.6 is 58.1 Å². The molecule has 6 rings (SSSR count). The zero-order valence-corrected chi connectivity index (χ0v) is 30.2. The molecule has 0 unspecified atom stereocenters. The Hall–Kier alpha value is -4.21. The summed E-state index contributed by atoms with van der Waals surface area (Å²) in [5.41, 5.74) is 1.87. The van der Waals surface area contributed by atoms with Crippen molar-refractivity contribution in [1.82, 2.24) is 19.7 Å². The number of nitro groups is 1. The molecular formula is C33H26Cl2N6O5S3. The average molecular weight is 754 g/mol. The third-order valence-electron chi connectivity index (χ3n) is 7.35. The quantitative estimate of drug-likeness (QED) is 0.0724. The first kappa shape index (κ1) is 34.6. The van der Waals surface area contributed by atoms with Crippen molar-refractivity contribution in [1.29, 1.82) is 0 Å². The summed E-state index contributed by atoms with van der Waals surface area (Å²) in [5.74, 6) is -0.170. The number of allylic oxidation sites excluding steroid dienone is 1. The summed E-state index contributed by atoms with van der Waals surface area (Å²) < 4.78 is 7.35. The number of rotatable bonds is 9. The van der Waals surface area contributed by atoms with Crippen LogP contribution in [0.4, 0.5) is 5.69 Å². The largest absolute Gasteiger partial charge is 0.459 e. The van der Waals surface area contributed by atoms with Crippen LogP contribution in [0.5, 0.6) is 0 Å². The molecule has 2 aromatic heterocycles. The number of esters is 1. The molecule has 250 valence electrons. The molecule has 0 radical (unpaired) electrons. The van der Waals surface area contributed by atoms with Gasteiger partial charge in [-0.25, -0.2) is 14.8 Å². The van der Waals surface area contributed by atoms with E-state index in [0.717, 1.165) is 33.6 Å². The lowest BCUT2D eigenvalue weighted by atomic mass is 9.96. The van der Waals surface area contributed by atoms with Gasteiger partial charge in [-0.2, -0.15) is 0 Å². The zero-order valence-electron chi connectivity index (χ0n) is 26.3. The highest BCUT2D eigenvalue weighted by molar-refractivity contribution is 7.99. The van der Waals surface area contributed by atoms with E-state index in [9.17, 15) is 19.7 Å². The number of nitro benzene ring substituents is 1. The van der Waals surface area contributed by atoms with Crippen molar-refractivity contribution in [3.8, 4) is 11.4 Å². The molecule has 0 saturated heterocycles. The van der Waals surface area contributed by atoms with Gasteiger partial charge in [0.25, 0.3) is 11.2 Å². The van der Waals surface area contributed by atoms with Crippen LogP contribution in [0.15, 0.2) is 96.7 Å². The van der Waals surface area contributed by atoms with Crippen molar-refractivity contribution in [3.63, 3.8) is 0 Å². The molecule has 1 aliphatic heterocycles. The van der Waals surface area contributed by atoms with Crippen LogP contribution in [0.2, 0.25) is 10.0 Å². The Morgan fingerprint density at radius 1 is 1.14 bits per heavy atom. The number of thiazole rings is 1. The lowest BCUT2D eigenvalue weighted by molar-refractivity contribution is -0.387. The topological polar surface area (TPSA) is 145 Å². The lowest BCUT2D eigenvalue weighted by Crippen LogP contribution is -2.40. The molecule has 0 saturated carbocycles. The third kappa shape index (κ3) is 7.24. The van der Waals surface area contributed by atoms with Crippen molar-refractivity contribution in [2.24, 2.45) is 4.99 Å². The minimum absolute atomic E-state index is 0.191. The maximum absolute atomic E-state index is 14.0. The number of nitrogens with zero attached hydrogens (tertiary/aromatic N) is 5. The summed E-state index contributed by atoms with van der Waals surface area (Å²) in [4.78, 5) is 49.9. The number of fused-ring (bicyclic) bond motifs is 1. The fourth-order valence-electron chi connectivity index (χ4n) is 5.16. The number of aromatic nitrogens is 4. The molecule has 0 amide bonds. The molecule has 5 aromatic rings. The molecule has 3 heterocycles. The van der Waals surface area contributed by atoms with Gasteiger partial charge in [-0.15, -0.1) is 16.9 Å². The van der Waals surface area contributed by atoms with Gasteiger partial charge in [0.05, 0.1) is 42.8 Å². The van der Waals surface area contributed by atoms with Crippen molar-refractivity contribution in [3.05, 3.63) is 123 Å². The van der Waals surface area contributed by atoms with Gasteiger partial charge in [-0.05, 0) is 92.4 Å². The highest BCUT2D eigenvalue weighted by Gasteiger charge is 2.34. The monoisotopic (exact) mass is 752 g/mol. The molecule has 16 heteroatoms. The highest BCUT2D eigenvalue weighted by atomic mass is 35.5. The smallest absolute Gasteiger partial charge is 0.338 e. The SMILES string of the molecule is CSc1ccc([C@H]2C(C(=O)OC(C)C)=C(C)N=c3s/c(=C\c4ccc(Sc5n[nH]c(-c6ccc(Cl)cc6Cl)n5)c([N+](=O)[O-])c4)c(=O)n32)cc1. The van der Waals surface area contributed by atoms with Crippen LogP contribution < -0.4 is 14.9 Å². The molecule has 0 aliphatic carbocycles. The van der Waals surface area contributed by atoms with Crippen LogP contribution in [0.1, 0.15) is 37.9 Å². The van der Waals surface area contributed by atoms with Crippen molar-refractivity contribution in [2.45, 2.75) is 47.9 Å². The summed E-state index contributed by atoms with van der Waals surface area (Å²) in [6.07, 6.45) is 3.17. The number of halogens is 2. The summed E-state index contributed by atoms with van der Waals surface area (Å²) in [5, 5.41) is 20.3. The first-order valence-corrected chi connectivity index (χ1v) is 18.3. The van der Waals surface area contributed by atoms with Crippen LogP contribution in [0.25, 0.3) is 17.5 Å². The number of thioether (sulfide) groups is 1. The summed E-state index contributed by atoms with van der Waals surface area (Å²) in [7, 11) is 0. The first-order valence-electron chi connectivity index (χ1n) is 14.6. The second-order valence-electron chi connectivity index (χ2n) is 11.0. The number of aromatic amines is 1. The van der Waals surface area contributed by atoms with E-state index in [1.807, 2.05) is 30.5 Å². The molecule has 1 atom stereocenters. The van der Waals surface area contributed by atoms with E-state index in [4.69, 9.17) is 27.9 Å². The number of nitrogens with one attached hydrogen (secondary N) is 1. The van der Waals surface area contributed by atoms with E-state index in [1.165, 1.54) is 10.6 Å². The Kier molecular flexibility index (Phi) is 10.1.